The minimum atomic E-state index is -0.727. The summed E-state index contributed by atoms with van der Waals surface area (Å²) < 4.78 is 7.56. The van der Waals surface area contributed by atoms with E-state index in [1.165, 1.54) is 0 Å². The van der Waals surface area contributed by atoms with Crippen molar-refractivity contribution in [2.24, 2.45) is 0 Å². The second-order valence-corrected chi connectivity index (χ2v) is 5.05. The van der Waals surface area contributed by atoms with Crippen LogP contribution in [0.25, 0.3) is 0 Å². The Labute approximate surface area is 108 Å². The highest BCUT2D eigenvalue weighted by Gasteiger charge is 2.38. The van der Waals surface area contributed by atoms with Crippen LogP contribution in [-0.4, -0.2) is 39.5 Å². The van der Waals surface area contributed by atoms with Crippen LogP contribution in [0.4, 0.5) is 0 Å². The third-order valence-corrected chi connectivity index (χ3v) is 3.66. The quantitative estimate of drug-likeness (QED) is 0.791. The molecule has 1 aromatic rings. The summed E-state index contributed by atoms with van der Waals surface area (Å²) in [5.41, 5.74) is 0.433. The van der Waals surface area contributed by atoms with Crippen molar-refractivity contribution >= 4 is 0 Å². The third-order valence-electron chi connectivity index (χ3n) is 3.66. The molecule has 102 valence electrons. The molecule has 2 unspecified atom stereocenters. The molecule has 0 aliphatic carbocycles. The van der Waals surface area contributed by atoms with Crippen LogP contribution in [0.2, 0.25) is 0 Å². The lowest BCUT2D eigenvalue weighted by Crippen LogP contribution is -2.45. The van der Waals surface area contributed by atoms with Gasteiger partial charge in [-0.3, -0.25) is 0 Å². The first kappa shape index (κ1) is 13.5. The standard InChI is InChI=1S/C13H23N3O2/c1-3-5-16-10-15-8-12(16)7-14-9-13(17)4-6-18-11(13)2/h8,10-11,14,17H,3-7,9H2,1-2H3. The second-order valence-electron chi connectivity index (χ2n) is 5.05. The minimum absolute atomic E-state index is 0.0921. The summed E-state index contributed by atoms with van der Waals surface area (Å²) in [5.74, 6) is 0. The molecule has 2 rings (SSSR count). The van der Waals surface area contributed by atoms with E-state index in [9.17, 15) is 5.11 Å². The molecule has 0 radical (unpaired) electrons. The van der Waals surface area contributed by atoms with Crippen molar-refractivity contribution in [2.45, 2.75) is 51.5 Å². The molecule has 0 spiro atoms. The fourth-order valence-electron chi connectivity index (χ4n) is 2.35. The lowest BCUT2D eigenvalue weighted by atomic mass is 9.97. The average molecular weight is 253 g/mol. The van der Waals surface area contributed by atoms with Gasteiger partial charge in [-0.1, -0.05) is 6.92 Å². The number of nitrogens with zero attached hydrogens (tertiary/aromatic N) is 2. The van der Waals surface area contributed by atoms with Crippen molar-refractivity contribution in [2.75, 3.05) is 13.2 Å². The molecule has 0 saturated carbocycles. The molecule has 1 aromatic heterocycles. The summed E-state index contributed by atoms with van der Waals surface area (Å²) in [7, 11) is 0. The van der Waals surface area contributed by atoms with E-state index in [2.05, 4.69) is 21.8 Å². The first-order valence-corrected chi connectivity index (χ1v) is 6.69. The molecule has 18 heavy (non-hydrogen) atoms. The fraction of sp³-hybridized carbons (Fsp3) is 0.769. The number of rotatable bonds is 6. The SMILES string of the molecule is CCCn1cncc1CNCC1(O)CCOC1C. The number of hydrogen-bond acceptors (Lipinski definition) is 4. The van der Waals surface area contributed by atoms with Gasteiger partial charge in [0.05, 0.1) is 18.1 Å². The van der Waals surface area contributed by atoms with Crippen molar-refractivity contribution in [3.05, 3.63) is 18.2 Å². The maximum absolute atomic E-state index is 10.4. The fourth-order valence-corrected chi connectivity index (χ4v) is 2.35. The van der Waals surface area contributed by atoms with Crippen LogP contribution >= 0.6 is 0 Å². The summed E-state index contributed by atoms with van der Waals surface area (Å²) in [6, 6.07) is 0. The zero-order chi connectivity index (χ0) is 13.0. The number of aromatic nitrogens is 2. The Kier molecular flexibility index (Phi) is 4.37. The van der Waals surface area contributed by atoms with E-state index in [0.717, 1.165) is 25.2 Å². The van der Waals surface area contributed by atoms with Gasteiger partial charge in [0.25, 0.3) is 0 Å². The van der Waals surface area contributed by atoms with Crippen LogP contribution in [0, 0.1) is 0 Å². The van der Waals surface area contributed by atoms with E-state index in [-0.39, 0.29) is 6.10 Å². The van der Waals surface area contributed by atoms with Crippen molar-refractivity contribution in [3.8, 4) is 0 Å². The van der Waals surface area contributed by atoms with Gasteiger partial charge in [0.2, 0.25) is 0 Å². The highest BCUT2D eigenvalue weighted by molar-refractivity contribution is 4.99. The molecule has 0 bridgehead atoms. The smallest absolute Gasteiger partial charge is 0.105 e. The highest BCUT2D eigenvalue weighted by Crippen LogP contribution is 2.24. The predicted octanol–water partition coefficient (Wildman–Crippen LogP) is 0.923. The van der Waals surface area contributed by atoms with Crippen LogP contribution in [0.15, 0.2) is 12.5 Å². The molecule has 0 aromatic carbocycles. The van der Waals surface area contributed by atoms with E-state index in [1.54, 1.807) is 0 Å². The van der Waals surface area contributed by atoms with E-state index >= 15 is 0 Å². The van der Waals surface area contributed by atoms with Gasteiger partial charge in [-0.15, -0.1) is 0 Å². The first-order valence-electron chi connectivity index (χ1n) is 6.69. The molecule has 1 aliphatic rings. The molecule has 2 heterocycles. The first-order chi connectivity index (χ1) is 8.65. The van der Waals surface area contributed by atoms with Gasteiger partial charge >= 0.3 is 0 Å². The van der Waals surface area contributed by atoms with Gasteiger partial charge in [-0.2, -0.15) is 0 Å². The van der Waals surface area contributed by atoms with Crippen LogP contribution < -0.4 is 5.32 Å². The van der Waals surface area contributed by atoms with Crippen LogP contribution in [0.3, 0.4) is 0 Å². The monoisotopic (exact) mass is 253 g/mol. The molecular weight excluding hydrogens is 230 g/mol. The van der Waals surface area contributed by atoms with Crippen molar-refractivity contribution in [1.29, 1.82) is 0 Å². The van der Waals surface area contributed by atoms with Gasteiger partial charge in [0, 0.05) is 38.9 Å². The molecule has 1 fully saturated rings. The summed E-state index contributed by atoms with van der Waals surface area (Å²) in [5, 5.41) is 13.7. The summed E-state index contributed by atoms with van der Waals surface area (Å²) in [6.07, 6.45) is 5.44. The lowest BCUT2D eigenvalue weighted by molar-refractivity contribution is -0.0263. The molecule has 1 saturated heterocycles. The maximum Gasteiger partial charge on any atom is 0.105 e. The highest BCUT2D eigenvalue weighted by atomic mass is 16.5. The normalized spacial score (nSPS) is 27.8. The Bertz CT molecular complexity index is 380. The van der Waals surface area contributed by atoms with Gasteiger partial charge in [0.15, 0.2) is 0 Å². The maximum atomic E-state index is 10.4. The summed E-state index contributed by atoms with van der Waals surface area (Å²) >= 11 is 0. The number of imidazole rings is 1. The number of aliphatic hydroxyl groups is 1. The van der Waals surface area contributed by atoms with Crippen molar-refractivity contribution in [1.82, 2.24) is 14.9 Å². The topological polar surface area (TPSA) is 59.3 Å². The third kappa shape index (κ3) is 2.91. The molecular formula is C13H23N3O2. The molecule has 1 aliphatic heterocycles. The van der Waals surface area contributed by atoms with Crippen LogP contribution in [-0.2, 0) is 17.8 Å². The Morgan fingerprint density at radius 2 is 2.50 bits per heavy atom. The summed E-state index contributed by atoms with van der Waals surface area (Å²) in [4.78, 5) is 4.16. The zero-order valence-corrected chi connectivity index (χ0v) is 11.2. The molecule has 5 nitrogen and oxygen atoms in total. The van der Waals surface area contributed by atoms with Crippen LogP contribution in [0.1, 0.15) is 32.4 Å². The van der Waals surface area contributed by atoms with E-state index in [1.807, 2.05) is 19.4 Å². The van der Waals surface area contributed by atoms with Crippen molar-refractivity contribution < 1.29 is 9.84 Å². The predicted molar refractivity (Wildman–Crippen MR) is 69.2 cm³/mol. The second kappa shape index (κ2) is 5.82. The minimum Gasteiger partial charge on any atom is -0.386 e. The van der Waals surface area contributed by atoms with Crippen molar-refractivity contribution in [3.63, 3.8) is 0 Å². The Balaban J connectivity index is 1.83. The molecule has 5 heteroatoms. The number of nitrogens with one attached hydrogen (secondary N) is 1. The van der Waals surface area contributed by atoms with Gasteiger partial charge in [-0.25, -0.2) is 4.98 Å². The zero-order valence-electron chi connectivity index (χ0n) is 11.2. The number of ether oxygens (including phenoxy) is 1. The van der Waals surface area contributed by atoms with Gasteiger partial charge in [0.1, 0.15) is 5.60 Å². The molecule has 2 N–H and O–H groups in total. The molecule has 2 atom stereocenters. The molecule has 0 amide bonds. The van der Waals surface area contributed by atoms with E-state index < -0.39 is 5.60 Å². The van der Waals surface area contributed by atoms with Gasteiger partial charge < -0.3 is 19.7 Å². The Morgan fingerprint density at radius 3 is 3.17 bits per heavy atom. The van der Waals surface area contributed by atoms with Gasteiger partial charge in [-0.05, 0) is 13.3 Å². The van der Waals surface area contributed by atoms with E-state index in [4.69, 9.17) is 4.74 Å². The number of hydrogen-bond donors (Lipinski definition) is 2. The van der Waals surface area contributed by atoms with E-state index in [0.29, 0.717) is 19.6 Å². The average Bonchev–Trinajstić information content (AvgIpc) is 2.89. The largest absolute Gasteiger partial charge is 0.386 e. The Morgan fingerprint density at radius 1 is 1.67 bits per heavy atom. The number of aryl methyl sites for hydroxylation is 1. The summed E-state index contributed by atoms with van der Waals surface area (Å²) in [6.45, 7) is 7.00. The lowest BCUT2D eigenvalue weighted by Gasteiger charge is -2.26. The Hall–Kier alpha value is -0.910. The van der Waals surface area contributed by atoms with Crippen LogP contribution in [0.5, 0.6) is 0 Å².